The van der Waals surface area contributed by atoms with E-state index >= 15 is 0 Å². The quantitative estimate of drug-likeness (QED) is 0.671. The lowest BCUT2D eigenvalue weighted by Crippen LogP contribution is -2.44. The van der Waals surface area contributed by atoms with E-state index in [9.17, 15) is 4.79 Å². The number of hydrogen-bond donors (Lipinski definition) is 1. The molecule has 0 spiro atoms. The third kappa shape index (κ3) is 4.65. The first-order valence-electron chi connectivity index (χ1n) is 7.72. The summed E-state index contributed by atoms with van der Waals surface area (Å²) in [5.74, 6) is 0.861. The molecule has 1 saturated heterocycles. The summed E-state index contributed by atoms with van der Waals surface area (Å²) in [4.78, 5) is 14.1. The van der Waals surface area contributed by atoms with Crippen molar-refractivity contribution in [3.8, 4) is 5.75 Å². The fourth-order valence-electron chi connectivity index (χ4n) is 2.58. The Labute approximate surface area is 132 Å². The average Bonchev–Trinajstić information content (AvgIpc) is 2.56. The summed E-state index contributed by atoms with van der Waals surface area (Å²) in [6.45, 7) is 3.84. The molecule has 1 aromatic carbocycles. The molecule has 1 N–H and O–H groups in total. The maximum absolute atomic E-state index is 11.7. The van der Waals surface area contributed by atoms with Crippen molar-refractivity contribution in [2.75, 3.05) is 25.1 Å². The normalized spacial score (nSPS) is 16.4. The zero-order valence-electron chi connectivity index (χ0n) is 13.3. The van der Waals surface area contributed by atoms with Crippen LogP contribution in [0.3, 0.4) is 0 Å². The number of nitrogens with zero attached hydrogens (tertiary/aromatic N) is 1. The molecule has 1 aliphatic heterocycles. The molecular weight excluding hydrogens is 276 g/mol. The molecule has 1 aliphatic rings. The second kappa shape index (κ2) is 8.27. The maximum Gasteiger partial charge on any atom is 0.244 e. The van der Waals surface area contributed by atoms with Gasteiger partial charge in [-0.05, 0) is 44.0 Å². The Bertz CT molecular complexity index is 527. The van der Waals surface area contributed by atoms with Crippen LogP contribution in [0, 0.1) is 0 Å². The van der Waals surface area contributed by atoms with Crippen molar-refractivity contribution in [3.05, 3.63) is 48.6 Å². The van der Waals surface area contributed by atoms with Crippen LogP contribution in [0.5, 0.6) is 5.75 Å². The summed E-state index contributed by atoms with van der Waals surface area (Å²) in [6.07, 6.45) is 9.03. The molecule has 22 heavy (non-hydrogen) atoms. The van der Waals surface area contributed by atoms with Gasteiger partial charge < -0.3 is 15.0 Å². The first-order valence-corrected chi connectivity index (χ1v) is 7.72. The van der Waals surface area contributed by atoms with E-state index < -0.39 is 0 Å². The van der Waals surface area contributed by atoms with Gasteiger partial charge >= 0.3 is 0 Å². The first-order chi connectivity index (χ1) is 10.7. The molecule has 0 unspecified atom stereocenters. The summed E-state index contributed by atoms with van der Waals surface area (Å²) in [5.41, 5.74) is 1.21. The van der Waals surface area contributed by atoms with Gasteiger partial charge in [-0.3, -0.25) is 4.79 Å². The van der Waals surface area contributed by atoms with Gasteiger partial charge in [0.1, 0.15) is 5.75 Å². The fourth-order valence-corrected chi connectivity index (χ4v) is 2.58. The Morgan fingerprint density at radius 3 is 2.50 bits per heavy atom. The number of rotatable bonds is 5. The summed E-state index contributed by atoms with van der Waals surface area (Å²) in [7, 11) is 1.67. The molecule has 2 rings (SSSR count). The molecule has 1 amide bonds. The molecule has 4 nitrogen and oxygen atoms in total. The van der Waals surface area contributed by atoms with Crippen molar-refractivity contribution in [1.82, 2.24) is 5.32 Å². The van der Waals surface area contributed by atoms with Crippen molar-refractivity contribution in [1.29, 1.82) is 0 Å². The molecular formula is C18H24N2O2. The summed E-state index contributed by atoms with van der Waals surface area (Å²) in [6, 6.07) is 8.39. The van der Waals surface area contributed by atoms with E-state index in [0.717, 1.165) is 31.7 Å². The third-order valence-corrected chi connectivity index (χ3v) is 3.83. The molecule has 0 bridgehead atoms. The van der Waals surface area contributed by atoms with Crippen LogP contribution in [0.2, 0.25) is 0 Å². The molecule has 0 aliphatic carbocycles. The predicted molar refractivity (Wildman–Crippen MR) is 90.3 cm³/mol. The van der Waals surface area contributed by atoms with Crippen LogP contribution in [0.15, 0.2) is 48.6 Å². The second-order valence-electron chi connectivity index (χ2n) is 5.35. The maximum atomic E-state index is 11.7. The van der Waals surface area contributed by atoms with Gasteiger partial charge in [0.05, 0.1) is 7.11 Å². The highest BCUT2D eigenvalue weighted by atomic mass is 16.5. The molecule has 0 atom stereocenters. The van der Waals surface area contributed by atoms with Crippen LogP contribution in [-0.2, 0) is 4.79 Å². The first kappa shape index (κ1) is 16.1. The Balaban J connectivity index is 1.81. The van der Waals surface area contributed by atoms with Gasteiger partial charge in [-0.25, -0.2) is 0 Å². The zero-order chi connectivity index (χ0) is 15.8. The second-order valence-corrected chi connectivity index (χ2v) is 5.35. The van der Waals surface area contributed by atoms with Crippen molar-refractivity contribution in [3.63, 3.8) is 0 Å². The van der Waals surface area contributed by atoms with E-state index in [4.69, 9.17) is 4.74 Å². The van der Waals surface area contributed by atoms with Crippen molar-refractivity contribution >= 4 is 11.6 Å². The molecule has 1 fully saturated rings. The van der Waals surface area contributed by atoms with Crippen LogP contribution in [-0.4, -0.2) is 32.1 Å². The van der Waals surface area contributed by atoms with E-state index in [2.05, 4.69) is 22.3 Å². The number of nitrogens with one attached hydrogen (secondary N) is 1. The number of anilines is 1. The van der Waals surface area contributed by atoms with Crippen molar-refractivity contribution in [2.45, 2.75) is 25.8 Å². The number of amides is 1. The smallest absolute Gasteiger partial charge is 0.244 e. The highest BCUT2D eigenvalue weighted by Gasteiger charge is 2.20. The lowest BCUT2D eigenvalue weighted by atomic mass is 10.0. The van der Waals surface area contributed by atoms with Crippen LogP contribution in [0.1, 0.15) is 19.8 Å². The van der Waals surface area contributed by atoms with Crippen LogP contribution in [0.25, 0.3) is 0 Å². The highest BCUT2D eigenvalue weighted by Crippen LogP contribution is 2.22. The Morgan fingerprint density at radius 2 is 1.91 bits per heavy atom. The fraction of sp³-hybridized carbons (Fsp3) is 0.389. The Morgan fingerprint density at radius 1 is 1.23 bits per heavy atom. The largest absolute Gasteiger partial charge is 0.497 e. The summed E-state index contributed by atoms with van der Waals surface area (Å²) >= 11 is 0. The van der Waals surface area contributed by atoms with E-state index in [-0.39, 0.29) is 11.9 Å². The van der Waals surface area contributed by atoms with E-state index in [1.165, 1.54) is 5.69 Å². The molecule has 0 radical (unpaired) electrons. The Hall–Kier alpha value is -2.23. The number of carbonyl (C=O) groups excluding carboxylic acids is 1. The Kier molecular flexibility index (Phi) is 6.07. The number of hydrogen-bond acceptors (Lipinski definition) is 3. The minimum absolute atomic E-state index is 0.0130. The van der Waals surface area contributed by atoms with Gasteiger partial charge in [0, 0.05) is 30.9 Å². The van der Waals surface area contributed by atoms with E-state index in [1.807, 2.05) is 31.2 Å². The minimum atomic E-state index is -0.0130. The monoisotopic (exact) mass is 300 g/mol. The lowest BCUT2D eigenvalue weighted by molar-refractivity contribution is -0.117. The van der Waals surface area contributed by atoms with E-state index in [0.29, 0.717) is 0 Å². The van der Waals surface area contributed by atoms with Gasteiger partial charge in [-0.2, -0.15) is 0 Å². The highest BCUT2D eigenvalue weighted by molar-refractivity contribution is 5.88. The molecule has 0 aromatic heterocycles. The van der Waals surface area contributed by atoms with Gasteiger partial charge in [-0.1, -0.05) is 18.2 Å². The van der Waals surface area contributed by atoms with Gasteiger partial charge in [0.15, 0.2) is 0 Å². The average molecular weight is 300 g/mol. The minimum Gasteiger partial charge on any atom is -0.497 e. The van der Waals surface area contributed by atoms with Gasteiger partial charge in [-0.15, -0.1) is 0 Å². The number of carbonyl (C=O) groups is 1. The van der Waals surface area contributed by atoms with Crippen molar-refractivity contribution in [2.24, 2.45) is 0 Å². The molecule has 0 saturated carbocycles. The van der Waals surface area contributed by atoms with Crippen molar-refractivity contribution < 1.29 is 9.53 Å². The number of benzene rings is 1. The lowest BCUT2D eigenvalue weighted by Gasteiger charge is -2.33. The SMILES string of the molecule is C/C=C/C=C\C(=O)NC1CCN(c2ccc(OC)cc2)CC1. The van der Waals surface area contributed by atoms with Crippen LogP contribution in [0.4, 0.5) is 5.69 Å². The third-order valence-electron chi connectivity index (χ3n) is 3.83. The topological polar surface area (TPSA) is 41.6 Å². The predicted octanol–water partition coefficient (Wildman–Crippen LogP) is 2.91. The van der Waals surface area contributed by atoms with E-state index in [1.54, 1.807) is 19.3 Å². The van der Waals surface area contributed by atoms with Crippen LogP contribution < -0.4 is 15.0 Å². The van der Waals surface area contributed by atoms with Gasteiger partial charge in [0.25, 0.3) is 0 Å². The number of ether oxygens (including phenoxy) is 1. The molecule has 4 heteroatoms. The molecule has 1 aromatic rings. The van der Waals surface area contributed by atoms with Crippen LogP contribution >= 0.6 is 0 Å². The summed E-state index contributed by atoms with van der Waals surface area (Å²) in [5, 5.41) is 3.06. The molecule has 1 heterocycles. The number of methoxy groups -OCH3 is 1. The number of piperidine rings is 1. The molecule has 118 valence electrons. The number of allylic oxidation sites excluding steroid dienone is 3. The van der Waals surface area contributed by atoms with Gasteiger partial charge in [0.2, 0.25) is 5.91 Å². The standard InChI is InChI=1S/C18H24N2O2/c1-3-4-5-6-18(21)19-15-11-13-20(14-12-15)16-7-9-17(22-2)10-8-16/h3-10,15H,11-14H2,1-2H3,(H,19,21)/b4-3+,6-5-. The zero-order valence-corrected chi connectivity index (χ0v) is 13.3. The summed E-state index contributed by atoms with van der Waals surface area (Å²) < 4.78 is 5.18.